The lowest BCUT2D eigenvalue weighted by atomic mass is 9.57. The van der Waals surface area contributed by atoms with Crippen LogP contribution >= 0.6 is 24.0 Å². The van der Waals surface area contributed by atoms with Crippen LogP contribution in [0, 0.1) is 17.2 Å². The van der Waals surface area contributed by atoms with E-state index in [1.54, 1.807) is 13.1 Å². The first-order valence-electron chi connectivity index (χ1n) is 7.85. The largest absolute Gasteiger partial charge is 0.377 e. The van der Waals surface area contributed by atoms with Crippen LogP contribution in [-0.4, -0.2) is 31.8 Å². The second-order valence-electron chi connectivity index (χ2n) is 6.74. The Morgan fingerprint density at radius 3 is 2.91 bits per heavy atom. The van der Waals surface area contributed by atoms with Crippen LogP contribution in [0.4, 0.5) is 4.39 Å². The predicted octanol–water partition coefficient (Wildman–Crippen LogP) is 2.92. The fraction of sp³-hybridized carbons (Fsp3) is 0.588. The van der Waals surface area contributed by atoms with Gasteiger partial charge in [-0.2, -0.15) is 0 Å². The smallest absolute Gasteiger partial charge is 0.191 e. The summed E-state index contributed by atoms with van der Waals surface area (Å²) in [4.78, 5) is 4.29. The number of nitrogens with zero attached hydrogens (tertiary/aromatic N) is 1. The minimum atomic E-state index is -0.215. The summed E-state index contributed by atoms with van der Waals surface area (Å²) in [5.41, 5.74) is 1.01. The van der Waals surface area contributed by atoms with Gasteiger partial charge in [0.2, 0.25) is 0 Å². The number of hydrogen-bond acceptors (Lipinski definition) is 2. The lowest BCUT2D eigenvalue weighted by Crippen LogP contribution is -2.67. The molecule has 2 aliphatic rings. The van der Waals surface area contributed by atoms with E-state index in [-0.39, 0.29) is 35.2 Å². The molecule has 3 rings (SSSR count). The molecular weight excluding hydrogens is 408 g/mol. The Hall–Kier alpha value is -0.890. The van der Waals surface area contributed by atoms with Crippen LogP contribution in [0.1, 0.15) is 25.8 Å². The molecule has 1 aliphatic carbocycles. The average molecular weight is 433 g/mol. The molecule has 1 heterocycles. The van der Waals surface area contributed by atoms with Gasteiger partial charge in [-0.05, 0) is 24.1 Å². The van der Waals surface area contributed by atoms with Crippen molar-refractivity contribution in [1.29, 1.82) is 0 Å². The van der Waals surface area contributed by atoms with Crippen molar-refractivity contribution in [2.45, 2.75) is 39.0 Å². The summed E-state index contributed by atoms with van der Waals surface area (Å²) in [6, 6.07) is 6.97. The standard InChI is InChI=1S/C17H24FN3O.HI/c1-17(2)14(13-7-8-22-15(13)17)21-16(19-3)20-10-11-5-4-6-12(18)9-11;/h4-6,9,13-15H,7-8,10H2,1-3H3,(H2,19,20,21);1H. The van der Waals surface area contributed by atoms with Crippen molar-refractivity contribution in [2.75, 3.05) is 13.7 Å². The number of ether oxygens (including phenoxy) is 1. The molecule has 0 radical (unpaired) electrons. The van der Waals surface area contributed by atoms with E-state index in [0.29, 0.717) is 24.6 Å². The molecule has 1 aromatic rings. The van der Waals surface area contributed by atoms with Gasteiger partial charge in [-0.3, -0.25) is 4.99 Å². The van der Waals surface area contributed by atoms with Crippen molar-refractivity contribution in [1.82, 2.24) is 10.6 Å². The summed E-state index contributed by atoms with van der Waals surface area (Å²) in [5.74, 6) is 1.10. The van der Waals surface area contributed by atoms with E-state index in [4.69, 9.17) is 4.74 Å². The van der Waals surface area contributed by atoms with Crippen LogP contribution in [0.3, 0.4) is 0 Å². The van der Waals surface area contributed by atoms with Crippen LogP contribution in [-0.2, 0) is 11.3 Å². The second-order valence-corrected chi connectivity index (χ2v) is 6.74. The zero-order valence-corrected chi connectivity index (χ0v) is 16.1. The maximum absolute atomic E-state index is 13.2. The highest BCUT2D eigenvalue weighted by molar-refractivity contribution is 14.0. The van der Waals surface area contributed by atoms with Gasteiger partial charge < -0.3 is 15.4 Å². The number of fused-ring (bicyclic) bond motifs is 1. The molecule has 1 aromatic carbocycles. The number of halogens is 2. The summed E-state index contributed by atoms with van der Waals surface area (Å²) in [6.07, 6.45) is 1.46. The third-order valence-corrected chi connectivity index (χ3v) is 4.97. The van der Waals surface area contributed by atoms with Crippen molar-refractivity contribution in [3.63, 3.8) is 0 Å². The maximum atomic E-state index is 13.2. The van der Waals surface area contributed by atoms with Crippen molar-refractivity contribution >= 4 is 29.9 Å². The Bertz CT molecular complexity index is 579. The van der Waals surface area contributed by atoms with Gasteiger partial charge in [-0.15, -0.1) is 24.0 Å². The molecule has 0 spiro atoms. The minimum absolute atomic E-state index is 0. The van der Waals surface area contributed by atoms with Crippen LogP contribution in [0.25, 0.3) is 0 Å². The monoisotopic (exact) mass is 433 g/mol. The molecule has 2 N–H and O–H groups in total. The van der Waals surface area contributed by atoms with Gasteiger partial charge in [0.25, 0.3) is 0 Å². The zero-order chi connectivity index (χ0) is 15.7. The first kappa shape index (κ1) is 18.4. The van der Waals surface area contributed by atoms with Gasteiger partial charge >= 0.3 is 0 Å². The molecule has 2 fully saturated rings. The molecule has 0 aromatic heterocycles. The summed E-state index contributed by atoms with van der Waals surface area (Å²) < 4.78 is 19.0. The Labute approximate surface area is 154 Å². The Morgan fingerprint density at radius 1 is 1.43 bits per heavy atom. The number of guanidine groups is 1. The molecule has 1 saturated heterocycles. The third-order valence-electron chi connectivity index (χ3n) is 4.97. The van der Waals surface area contributed by atoms with E-state index >= 15 is 0 Å². The number of rotatable bonds is 3. The highest BCUT2D eigenvalue weighted by atomic mass is 127. The Balaban J connectivity index is 0.00000192. The molecule has 3 atom stereocenters. The highest BCUT2D eigenvalue weighted by Gasteiger charge is 2.59. The van der Waals surface area contributed by atoms with Crippen molar-refractivity contribution < 1.29 is 9.13 Å². The third kappa shape index (κ3) is 3.63. The van der Waals surface area contributed by atoms with Crippen molar-refractivity contribution in [3.8, 4) is 0 Å². The van der Waals surface area contributed by atoms with Crippen molar-refractivity contribution in [2.24, 2.45) is 16.3 Å². The van der Waals surface area contributed by atoms with Crippen LogP contribution in [0.5, 0.6) is 0 Å². The molecule has 1 saturated carbocycles. The molecular formula is C17H25FIN3O. The first-order valence-corrected chi connectivity index (χ1v) is 7.85. The SMILES string of the molecule is CN=C(NCc1cccc(F)c1)NC1C2CCOC2C1(C)C.I. The van der Waals surface area contributed by atoms with Gasteiger partial charge in [-0.25, -0.2) is 4.39 Å². The van der Waals surface area contributed by atoms with Gasteiger partial charge in [0.05, 0.1) is 6.10 Å². The molecule has 3 unspecified atom stereocenters. The predicted molar refractivity (Wildman–Crippen MR) is 101 cm³/mol. The second kappa shape index (κ2) is 7.34. The van der Waals surface area contributed by atoms with Gasteiger partial charge in [0.15, 0.2) is 5.96 Å². The lowest BCUT2D eigenvalue weighted by Gasteiger charge is -2.54. The van der Waals surface area contributed by atoms with Gasteiger partial charge in [-0.1, -0.05) is 26.0 Å². The van der Waals surface area contributed by atoms with Gasteiger partial charge in [0.1, 0.15) is 5.82 Å². The quantitative estimate of drug-likeness (QED) is 0.438. The maximum Gasteiger partial charge on any atom is 0.191 e. The normalized spacial score (nSPS) is 28.3. The van der Waals surface area contributed by atoms with E-state index in [9.17, 15) is 4.39 Å². The van der Waals surface area contributed by atoms with Crippen molar-refractivity contribution in [3.05, 3.63) is 35.6 Å². The molecule has 0 bridgehead atoms. The molecule has 1 aliphatic heterocycles. The summed E-state index contributed by atoms with van der Waals surface area (Å²) in [7, 11) is 1.76. The van der Waals surface area contributed by atoms with E-state index in [2.05, 4.69) is 29.5 Å². The summed E-state index contributed by atoms with van der Waals surface area (Å²) in [5, 5.41) is 6.78. The molecule has 6 heteroatoms. The van der Waals surface area contributed by atoms with Crippen LogP contribution in [0.2, 0.25) is 0 Å². The Kier molecular flexibility index (Phi) is 5.89. The number of nitrogens with one attached hydrogen (secondary N) is 2. The molecule has 128 valence electrons. The molecule has 0 amide bonds. The van der Waals surface area contributed by atoms with E-state index < -0.39 is 0 Å². The summed E-state index contributed by atoms with van der Waals surface area (Å²) in [6.45, 7) is 5.87. The number of benzene rings is 1. The minimum Gasteiger partial charge on any atom is -0.377 e. The fourth-order valence-corrected chi connectivity index (χ4v) is 3.79. The lowest BCUT2D eigenvalue weighted by molar-refractivity contribution is -0.106. The van der Waals surface area contributed by atoms with E-state index in [1.807, 2.05) is 6.07 Å². The fourth-order valence-electron chi connectivity index (χ4n) is 3.79. The van der Waals surface area contributed by atoms with Gasteiger partial charge in [0, 0.05) is 37.6 Å². The Morgan fingerprint density at radius 2 is 2.22 bits per heavy atom. The van der Waals surface area contributed by atoms with Crippen LogP contribution in [0.15, 0.2) is 29.3 Å². The van der Waals surface area contributed by atoms with E-state index in [0.717, 1.165) is 24.6 Å². The molecule has 23 heavy (non-hydrogen) atoms. The number of aliphatic imine (C=N–C) groups is 1. The zero-order valence-electron chi connectivity index (χ0n) is 13.8. The average Bonchev–Trinajstić information content (AvgIpc) is 2.94. The molecule has 4 nitrogen and oxygen atoms in total. The number of hydrogen-bond donors (Lipinski definition) is 2. The van der Waals surface area contributed by atoms with E-state index in [1.165, 1.54) is 12.1 Å². The highest BCUT2D eigenvalue weighted by Crippen LogP contribution is 2.52. The van der Waals surface area contributed by atoms with Crippen LogP contribution < -0.4 is 10.6 Å². The topological polar surface area (TPSA) is 45.7 Å². The summed E-state index contributed by atoms with van der Waals surface area (Å²) >= 11 is 0. The first-order chi connectivity index (χ1) is 10.5.